The van der Waals surface area contributed by atoms with Gasteiger partial charge in [0.05, 0.1) is 6.04 Å². The number of rotatable bonds is 4. The Labute approximate surface area is 171 Å². The Morgan fingerprint density at radius 3 is 2.61 bits per heavy atom. The molecule has 1 aliphatic rings. The van der Waals surface area contributed by atoms with Gasteiger partial charge in [-0.3, -0.25) is 4.90 Å². The molecule has 1 atom stereocenters. The molecule has 1 aromatic carbocycles. The second-order valence-corrected chi connectivity index (χ2v) is 7.87. The van der Waals surface area contributed by atoms with Crippen LogP contribution >= 0.6 is 15.9 Å². The lowest BCUT2D eigenvalue weighted by molar-refractivity contribution is 0.164. The zero-order valence-electron chi connectivity index (χ0n) is 15.8. The minimum atomic E-state index is -0.269. The first-order valence-corrected chi connectivity index (χ1v) is 10.0. The molecule has 28 heavy (non-hydrogen) atoms. The largest absolute Gasteiger partial charge is 0.354 e. The zero-order chi connectivity index (χ0) is 19.7. The summed E-state index contributed by atoms with van der Waals surface area (Å²) in [5.74, 6) is 1.68. The van der Waals surface area contributed by atoms with Gasteiger partial charge in [0.15, 0.2) is 0 Å². The molecule has 1 aliphatic heterocycles. The van der Waals surface area contributed by atoms with Crippen molar-refractivity contribution in [1.29, 1.82) is 0 Å². The van der Waals surface area contributed by atoms with Gasteiger partial charge in [0.2, 0.25) is 11.7 Å². The van der Waals surface area contributed by atoms with Gasteiger partial charge in [-0.2, -0.15) is 4.98 Å². The molecule has 0 aliphatic carbocycles. The number of aryl methyl sites for hydroxylation is 1. The molecule has 0 bridgehead atoms. The number of pyridine rings is 1. The van der Waals surface area contributed by atoms with Crippen molar-refractivity contribution in [2.75, 3.05) is 31.1 Å². The lowest BCUT2D eigenvalue weighted by atomic mass is 10.1. The Morgan fingerprint density at radius 2 is 1.93 bits per heavy atom. The van der Waals surface area contributed by atoms with E-state index in [1.165, 1.54) is 6.07 Å². The summed E-state index contributed by atoms with van der Waals surface area (Å²) in [5, 5.41) is 4.04. The number of anilines is 1. The van der Waals surface area contributed by atoms with Crippen molar-refractivity contribution in [2.24, 2.45) is 0 Å². The van der Waals surface area contributed by atoms with Crippen LogP contribution in [-0.4, -0.2) is 46.2 Å². The lowest BCUT2D eigenvalue weighted by Crippen LogP contribution is -2.47. The summed E-state index contributed by atoms with van der Waals surface area (Å²) in [6.45, 7) is 7.28. The fourth-order valence-electron chi connectivity index (χ4n) is 3.30. The zero-order valence-corrected chi connectivity index (χ0v) is 17.4. The van der Waals surface area contributed by atoms with Crippen LogP contribution < -0.4 is 4.90 Å². The summed E-state index contributed by atoms with van der Waals surface area (Å²) in [5.41, 5.74) is 1.22. The maximum Gasteiger partial charge on any atom is 0.244 e. The number of piperazine rings is 1. The van der Waals surface area contributed by atoms with Crippen molar-refractivity contribution >= 4 is 21.7 Å². The molecule has 1 unspecified atom stereocenters. The van der Waals surface area contributed by atoms with E-state index in [0.29, 0.717) is 22.8 Å². The number of aromatic nitrogens is 3. The minimum Gasteiger partial charge on any atom is -0.354 e. The lowest BCUT2D eigenvalue weighted by Gasteiger charge is -2.37. The van der Waals surface area contributed by atoms with Gasteiger partial charge in [0.1, 0.15) is 11.6 Å². The molecular weight excluding hydrogens is 425 g/mol. The van der Waals surface area contributed by atoms with E-state index < -0.39 is 0 Å². The summed E-state index contributed by atoms with van der Waals surface area (Å²) in [7, 11) is 0. The molecule has 1 fully saturated rings. The van der Waals surface area contributed by atoms with Gasteiger partial charge >= 0.3 is 0 Å². The molecule has 146 valence electrons. The quantitative estimate of drug-likeness (QED) is 0.598. The summed E-state index contributed by atoms with van der Waals surface area (Å²) < 4.78 is 20.3. The van der Waals surface area contributed by atoms with Gasteiger partial charge in [-0.15, -0.1) is 0 Å². The van der Waals surface area contributed by atoms with E-state index in [-0.39, 0.29) is 11.9 Å². The van der Waals surface area contributed by atoms with Crippen LogP contribution in [0.5, 0.6) is 0 Å². The highest BCUT2D eigenvalue weighted by atomic mass is 79.9. The fraction of sp³-hybridized carbons (Fsp3) is 0.350. The highest BCUT2D eigenvalue weighted by Crippen LogP contribution is 2.25. The third-order valence-electron chi connectivity index (χ3n) is 5.13. The predicted octanol–water partition coefficient (Wildman–Crippen LogP) is 4.22. The molecule has 0 radical (unpaired) electrons. The van der Waals surface area contributed by atoms with Gasteiger partial charge in [0.25, 0.3) is 0 Å². The Bertz CT molecular complexity index is 953. The van der Waals surface area contributed by atoms with Crippen molar-refractivity contribution in [3.63, 3.8) is 0 Å². The third kappa shape index (κ3) is 3.93. The van der Waals surface area contributed by atoms with Crippen LogP contribution in [0.3, 0.4) is 0 Å². The smallest absolute Gasteiger partial charge is 0.244 e. The molecule has 8 heteroatoms. The summed E-state index contributed by atoms with van der Waals surface area (Å²) >= 11 is 3.42. The maximum atomic E-state index is 13.8. The van der Waals surface area contributed by atoms with E-state index in [0.717, 1.165) is 36.5 Å². The van der Waals surface area contributed by atoms with Crippen molar-refractivity contribution in [3.05, 3.63) is 58.3 Å². The van der Waals surface area contributed by atoms with Crippen LogP contribution in [-0.2, 0) is 0 Å². The monoisotopic (exact) mass is 445 g/mol. The molecule has 4 rings (SSSR count). The van der Waals surface area contributed by atoms with E-state index in [2.05, 4.69) is 47.8 Å². The number of benzene rings is 1. The van der Waals surface area contributed by atoms with Gasteiger partial charge in [-0.1, -0.05) is 17.3 Å². The molecule has 2 aromatic heterocycles. The van der Waals surface area contributed by atoms with Gasteiger partial charge in [0, 0.05) is 42.4 Å². The average Bonchev–Trinajstić information content (AvgIpc) is 3.20. The van der Waals surface area contributed by atoms with E-state index in [4.69, 9.17) is 4.52 Å². The molecule has 1 saturated heterocycles. The minimum absolute atomic E-state index is 0.00317. The van der Waals surface area contributed by atoms with E-state index in [1.807, 2.05) is 24.4 Å². The first kappa shape index (κ1) is 19.0. The summed E-state index contributed by atoms with van der Waals surface area (Å²) in [4.78, 5) is 13.5. The molecule has 0 spiro atoms. The van der Waals surface area contributed by atoms with Gasteiger partial charge in [-0.25, -0.2) is 9.37 Å². The fourth-order valence-corrected chi connectivity index (χ4v) is 3.54. The molecule has 0 amide bonds. The van der Waals surface area contributed by atoms with Crippen LogP contribution in [0.2, 0.25) is 0 Å². The first-order chi connectivity index (χ1) is 13.5. The van der Waals surface area contributed by atoms with Gasteiger partial charge in [-0.05, 0) is 53.5 Å². The molecule has 0 saturated carbocycles. The Kier molecular flexibility index (Phi) is 5.41. The molecule has 3 aromatic rings. The predicted molar refractivity (Wildman–Crippen MR) is 109 cm³/mol. The normalized spacial score (nSPS) is 16.4. The average molecular weight is 446 g/mol. The van der Waals surface area contributed by atoms with Crippen molar-refractivity contribution in [2.45, 2.75) is 19.9 Å². The van der Waals surface area contributed by atoms with Crippen molar-refractivity contribution in [1.82, 2.24) is 20.0 Å². The van der Waals surface area contributed by atoms with E-state index in [1.54, 1.807) is 13.0 Å². The highest BCUT2D eigenvalue weighted by molar-refractivity contribution is 9.10. The Balaban J connectivity index is 1.41. The molecule has 0 N–H and O–H groups in total. The summed E-state index contributed by atoms with van der Waals surface area (Å²) in [6.07, 6.45) is 1.82. The SMILES string of the molecule is Cc1ccc(-c2noc(C(C)N3CCN(c4ccc(Br)cn4)CC3)n2)cc1F. The maximum absolute atomic E-state index is 13.8. The number of halogens is 2. The highest BCUT2D eigenvalue weighted by Gasteiger charge is 2.26. The first-order valence-electron chi connectivity index (χ1n) is 9.22. The van der Waals surface area contributed by atoms with Crippen LogP contribution in [0, 0.1) is 12.7 Å². The number of nitrogens with zero attached hydrogens (tertiary/aromatic N) is 5. The third-order valence-corrected chi connectivity index (χ3v) is 5.60. The Morgan fingerprint density at radius 1 is 1.14 bits per heavy atom. The standard InChI is InChI=1S/C20H21BrFN5O/c1-13-3-4-15(11-17(13)22)19-24-20(28-25-19)14(2)26-7-9-27(10-8-26)18-6-5-16(21)12-23-18/h3-6,11-12,14H,7-10H2,1-2H3. The van der Waals surface area contributed by atoms with Crippen LogP contribution in [0.25, 0.3) is 11.4 Å². The van der Waals surface area contributed by atoms with Crippen LogP contribution in [0.1, 0.15) is 24.4 Å². The second kappa shape index (κ2) is 7.97. The van der Waals surface area contributed by atoms with E-state index in [9.17, 15) is 4.39 Å². The molecule has 6 nitrogen and oxygen atoms in total. The Hall–Kier alpha value is -2.32. The number of hydrogen-bond donors (Lipinski definition) is 0. The van der Waals surface area contributed by atoms with Gasteiger partial charge < -0.3 is 9.42 Å². The molecule has 3 heterocycles. The topological polar surface area (TPSA) is 58.3 Å². The van der Waals surface area contributed by atoms with Crippen LogP contribution in [0.15, 0.2) is 45.5 Å². The number of hydrogen-bond acceptors (Lipinski definition) is 6. The second-order valence-electron chi connectivity index (χ2n) is 6.95. The van der Waals surface area contributed by atoms with E-state index >= 15 is 0 Å². The molecular formula is C20H21BrFN5O. The van der Waals surface area contributed by atoms with Crippen LogP contribution in [0.4, 0.5) is 10.2 Å². The van der Waals surface area contributed by atoms with Crippen molar-refractivity contribution in [3.8, 4) is 11.4 Å². The van der Waals surface area contributed by atoms with Crippen molar-refractivity contribution < 1.29 is 8.91 Å². The summed E-state index contributed by atoms with van der Waals surface area (Å²) in [6, 6.07) is 9.00.